The summed E-state index contributed by atoms with van der Waals surface area (Å²) in [6.07, 6.45) is 1.83. The van der Waals surface area contributed by atoms with Gasteiger partial charge in [0.1, 0.15) is 6.54 Å². The Kier molecular flexibility index (Phi) is 8.49. The average molecular weight is 461 g/mol. The van der Waals surface area contributed by atoms with Crippen molar-refractivity contribution in [2.75, 3.05) is 29.4 Å². The molecule has 0 aliphatic heterocycles. The predicted molar refractivity (Wildman–Crippen MR) is 118 cm³/mol. The molecule has 0 atom stereocenters. The Hall–Kier alpha value is -1.41. The Morgan fingerprint density at radius 3 is 2.39 bits per heavy atom. The van der Waals surface area contributed by atoms with E-state index in [4.69, 9.17) is 23.2 Å². The lowest BCUT2D eigenvalue weighted by molar-refractivity contribution is -0.119. The minimum atomic E-state index is -3.63. The van der Waals surface area contributed by atoms with Crippen molar-refractivity contribution in [2.24, 2.45) is 0 Å². The third kappa shape index (κ3) is 7.20. The average Bonchev–Trinajstić information content (AvgIpc) is 2.62. The van der Waals surface area contributed by atoms with Gasteiger partial charge in [-0.05, 0) is 61.1 Å². The van der Waals surface area contributed by atoms with E-state index in [9.17, 15) is 13.2 Å². The second-order valence-corrected chi connectivity index (χ2v) is 10.2. The van der Waals surface area contributed by atoms with Gasteiger partial charge in [-0.25, -0.2) is 8.42 Å². The van der Waals surface area contributed by atoms with Crippen LogP contribution in [0.2, 0.25) is 10.0 Å². The minimum Gasteiger partial charge on any atom is -0.354 e. The molecular formula is C19H22Cl2N2O3S2. The number of thioether (sulfide) groups is 1. The summed E-state index contributed by atoms with van der Waals surface area (Å²) in [7, 11) is -3.63. The molecule has 0 fully saturated rings. The van der Waals surface area contributed by atoms with Gasteiger partial charge < -0.3 is 5.32 Å². The van der Waals surface area contributed by atoms with E-state index >= 15 is 0 Å². The SMILES string of the molecule is Cc1ccc(Cl)cc1N(CC(=O)NCCCSc1ccc(Cl)cc1)S(C)(=O)=O. The van der Waals surface area contributed by atoms with Gasteiger partial charge in [-0.15, -0.1) is 11.8 Å². The summed E-state index contributed by atoms with van der Waals surface area (Å²) in [4.78, 5) is 13.4. The van der Waals surface area contributed by atoms with Crippen LogP contribution in [0.4, 0.5) is 5.69 Å². The number of anilines is 1. The molecular weight excluding hydrogens is 439 g/mol. The smallest absolute Gasteiger partial charge is 0.240 e. The monoisotopic (exact) mass is 460 g/mol. The Morgan fingerprint density at radius 2 is 1.75 bits per heavy atom. The van der Waals surface area contributed by atoms with Crippen molar-refractivity contribution in [1.82, 2.24) is 5.32 Å². The molecule has 0 bridgehead atoms. The predicted octanol–water partition coefficient (Wildman–Crippen LogP) is 4.37. The van der Waals surface area contributed by atoms with Crippen molar-refractivity contribution in [3.05, 3.63) is 58.1 Å². The summed E-state index contributed by atoms with van der Waals surface area (Å²) in [5.74, 6) is 0.465. The lowest BCUT2D eigenvalue weighted by atomic mass is 10.2. The van der Waals surface area contributed by atoms with E-state index < -0.39 is 10.0 Å². The van der Waals surface area contributed by atoms with Crippen LogP contribution in [0.3, 0.4) is 0 Å². The van der Waals surface area contributed by atoms with Crippen molar-refractivity contribution in [2.45, 2.75) is 18.2 Å². The van der Waals surface area contributed by atoms with Crippen molar-refractivity contribution in [3.63, 3.8) is 0 Å². The highest BCUT2D eigenvalue weighted by molar-refractivity contribution is 7.99. The maximum Gasteiger partial charge on any atom is 0.240 e. The van der Waals surface area contributed by atoms with Gasteiger partial charge in [0.25, 0.3) is 0 Å². The van der Waals surface area contributed by atoms with Crippen LogP contribution in [0.15, 0.2) is 47.4 Å². The zero-order valence-corrected chi connectivity index (χ0v) is 18.8. The number of carbonyl (C=O) groups excluding carboxylic acids is 1. The number of hydrogen-bond donors (Lipinski definition) is 1. The van der Waals surface area contributed by atoms with Crippen molar-refractivity contribution >= 4 is 56.6 Å². The number of rotatable bonds is 9. The van der Waals surface area contributed by atoms with Crippen LogP contribution >= 0.6 is 35.0 Å². The molecule has 0 aliphatic rings. The Labute approximate surface area is 180 Å². The van der Waals surface area contributed by atoms with E-state index in [1.807, 2.05) is 24.3 Å². The first kappa shape index (κ1) is 22.9. The highest BCUT2D eigenvalue weighted by Crippen LogP contribution is 2.26. The zero-order valence-electron chi connectivity index (χ0n) is 15.6. The molecule has 0 radical (unpaired) electrons. The van der Waals surface area contributed by atoms with Crippen LogP contribution in [0, 0.1) is 6.92 Å². The number of sulfonamides is 1. The molecule has 1 amide bonds. The van der Waals surface area contributed by atoms with Gasteiger partial charge in [-0.3, -0.25) is 9.10 Å². The van der Waals surface area contributed by atoms with E-state index in [2.05, 4.69) is 5.32 Å². The summed E-state index contributed by atoms with van der Waals surface area (Å²) < 4.78 is 25.4. The maximum atomic E-state index is 12.3. The summed E-state index contributed by atoms with van der Waals surface area (Å²) in [6.45, 7) is 1.95. The molecule has 0 saturated carbocycles. The highest BCUT2D eigenvalue weighted by atomic mass is 35.5. The molecule has 2 aromatic carbocycles. The minimum absolute atomic E-state index is 0.287. The molecule has 0 heterocycles. The van der Waals surface area contributed by atoms with Crippen LogP contribution in [0.1, 0.15) is 12.0 Å². The van der Waals surface area contributed by atoms with Crippen LogP contribution in [0.25, 0.3) is 0 Å². The second-order valence-electron chi connectivity index (χ2n) is 6.21. The fourth-order valence-corrected chi connectivity index (χ4v) is 4.49. The summed E-state index contributed by atoms with van der Waals surface area (Å²) in [6, 6.07) is 12.5. The molecule has 28 heavy (non-hydrogen) atoms. The number of aryl methyl sites for hydroxylation is 1. The maximum absolute atomic E-state index is 12.3. The van der Waals surface area contributed by atoms with Crippen molar-refractivity contribution in [1.29, 1.82) is 0 Å². The van der Waals surface area contributed by atoms with E-state index in [1.165, 1.54) is 0 Å². The number of amides is 1. The molecule has 2 rings (SSSR count). The van der Waals surface area contributed by atoms with Crippen LogP contribution in [0.5, 0.6) is 0 Å². The normalized spacial score (nSPS) is 11.3. The van der Waals surface area contributed by atoms with Crippen LogP contribution in [-0.4, -0.2) is 39.4 Å². The molecule has 0 aromatic heterocycles. The largest absolute Gasteiger partial charge is 0.354 e. The first-order chi connectivity index (χ1) is 13.2. The molecule has 2 aromatic rings. The van der Waals surface area contributed by atoms with Crippen molar-refractivity contribution in [3.8, 4) is 0 Å². The molecule has 152 valence electrons. The van der Waals surface area contributed by atoms with Crippen LogP contribution in [-0.2, 0) is 14.8 Å². The summed E-state index contributed by atoms with van der Waals surface area (Å²) in [5.41, 5.74) is 1.13. The van der Waals surface area contributed by atoms with Gasteiger partial charge in [0, 0.05) is 21.5 Å². The van der Waals surface area contributed by atoms with E-state index in [0.29, 0.717) is 22.3 Å². The standard InChI is InChI=1S/C19H22Cl2N2O3S2/c1-14-4-5-16(21)12-18(14)23(28(2,25)26)13-19(24)22-10-3-11-27-17-8-6-15(20)7-9-17/h4-9,12H,3,10-11,13H2,1-2H3,(H,22,24). The second kappa shape index (κ2) is 10.4. The molecule has 0 unspecified atom stereocenters. The Bertz CT molecular complexity index is 919. The van der Waals surface area contributed by atoms with Gasteiger partial charge in [-0.2, -0.15) is 0 Å². The highest BCUT2D eigenvalue weighted by Gasteiger charge is 2.22. The van der Waals surface area contributed by atoms with Gasteiger partial charge in [-0.1, -0.05) is 29.3 Å². The lowest BCUT2D eigenvalue weighted by Gasteiger charge is -2.23. The third-order valence-electron chi connectivity index (χ3n) is 3.85. The zero-order chi connectivity index (χ0) is 20.7. The van der Waals surface area contributed by atoms with Crippen molar-refractivity contribution < 1.29 is 13.2 Å². The van der Waals surface area contributed by atoms with Gasteiger partial charge in [0.15, 0.2) is 0 Å². The molecule has 0 spiro atoms. The number of hydrogen-bond acceptors (Lipinski definition) is 4. The number of nitrogens with one attached hydrogen (secondary N) is 1. The molecule has 5 nitrogen and oxygen atoms in total. The first-order valence-corrected chi connectivity index (χ1v) is 12.1. The summed E-state index contributed by atoms with van der Waals surface area (Å²) in [5, 5.41) is 3.88. The Morgan fingerprint density at radius 1 is 1.11 bits per heavy atom. The lowest BCUT2D eigenvalue weighted by Crippen LogP contribution is -2.41. The fraction of sp³-hybridized carbons (Fsp3) is 0.316. The van der Waals surface area contributed by atoms with Gasteiger partial charge in [0.2, 0.25) is 15.9 Å². The van der Waals surface area contributed by atoms with E-state index in [0.717, 1.165) is 33.2 Å². The quantitative estimate of drug-likeness (QED) is 0.445. The van der Waals surface area contributed by atoms with Crippen LogP contribution < -0.4 is 9.62 Å². The third-order valence-corrected chi connectivity index (χ3v) is 6.56. The molecule has 1 N–H and O–H groups in total. The van der Waals surface area contributed by atoms with E-state index in [-0.39, 0.29) is 12.5 Å². The van der Waals surface area contributed by atoms with Gasteiger partial charge >= 0.3 is 0 Å². The fourth-order valence-electron chi connectivity index (χ4n) is 2.44. The molecule has 0 aliphatic carbocycles. The summed E-state index contributed by atoms with van der Waals surface area (Å²) >= 11 is 13.5. The topological polar surface area (TPSA) is 66.5 Å². The Balaban J connectivity index is 1.86. The molecule has 9 heteroatoms. The number of benzene rings is 2. The van der Waals surface area contributed by atoms with Gasteiger partial charge in [0.05, 0.1) is 11.9 Å². The number of carbonyl (C=O) groups is 1. The number of halogens is 2. The molecule has 0 saturated heterocycles. The number of nitrogens with zero attached hydrogens (tertiary/aromatic N) is 1. The first-order valence-electron chi connectivity index (χ1n) is 8.56. The van der Waals surface area contributed by atoms with E-state index in [1.54, 1.807) is 36.9 Å².